The van der Waals surface area contributed by atoms with Crippen molar-refractivity contribution in [3.05, 3.63) is 10.4 Å². The van der Waals surface area contributed by atoms with Crippen molar-refractivity contribution in [3.8, 4) is 0 Å². The number of nitrogens with zero attached hydrogens (tertiary/aromatic N) is 3. The summed E-state index contributed by atoms with van der Waals surface area (Å²) in [6.45, 7) is 24.1. The van der Waals surface area contributed by atoms with E-state index in [-0.39, 0.29) is 13.2 Å². The van der Waals surface area contributed by atoms with Gasteiger partial charge in [-0.1, -0.05) is 112 Å². The molecule has 4 fully saturated rings. The Labute approximate surface area is 427 Å². The molecule has 4 rings (SSSR count). The van der Waals surface area contributed by atoms with Gasteiger partial charge < -0.3 is 71.4 Å². The van der Waals surface area contributed by atoms with Crippen molar-refractivity contribution in [2.24, 2.45) is 5.11 Å². The molecule has 3 saturated heterocycles. The fourth-order valence-corrected chi connectivity index (χ4v) is 9.48. The number of aliphatic hydroxyl groups excluding tert-OH is 1. The summed E-state index contributed by atoms with van der Waals surface area (Å²) in [7, 11) is 0. The van der Waals surface area contributed by atoms with Gasteiger partial charge in [0.2, 0.25) is 0 Å². The Bertz CT molecular complexity index is 1420. The van der Waals surface area contributed by atoms with Gasteiger partial charge in [-0.2, -0.15) is 0 Å². The van der Waals surface area contributed by atoms with Gasteiger partial charge in [-0.3, -0.25) is 0 Å². The Hall–Kier alpha value is -1.29. The molecule has 0 spiro atoms. The standard InChI is InChI=1S/C53H99N3O15/c1-11-19-27-58-36-38-41(68-52-50(65-34-26-18-8)43(61-30-22-14-4)40(37(35-57)66-52)59-28-20-12-2)42(60-29-21-13-3)39(55-56-54)51(67-38)69-47-45(63-32-24-16-6)44(62-31-23-15-5)46(64-33-25-17-7)48-49(47)71-53(9,10)70-48/h37-52,57H,11-36H2,1-10H3. The molecule has 71 heavy (non-hydrogen) atoms. The van der Waals surface area contributed by atoms with Crippen molar-refractivity contribution >= 4 is 0 Å². The highest BCUT2D eigenvalue weighted by Crippen LogP contribution is 2.44. The van der Waals surface area contributed by atoms with Crippen LogP contribution in [0.1, 0.15) is 172 Å². The molecule has 3 aliphatic heterocycles. The monoisotopic (exact) mass is 1020 g/mol. The van der Waals surface area contributed by atoms with Crippen LogP contribution in [0.3, 0.4) is 0 Å². The van der Waals surface area contributed by atoms with E-state index in [1.165, 1.54) is 0 Å². The molecule has 1 aliphatic carbocycles. The first-order valence-electron chi connectivity index (χ1n) is 28.1. The van der Waals surface area contributed by atoms with Gasteiger partial charge in [-0.15, -0.1) is 0 Å². The van der Waals surface area contributed by atoms with Crippen LogP contribution in [0.4, 0.5) is 0 Å². The van der Waals surface area contributed by atoms with E-state index in [1.807, 2.05) is 13.8 Å². The highest BCUT2D eigenvalue weighted by atomic mass is 16.8. The summed E-state index contributed by atoms with van der Waals surface area (Å²) in [5, 5.41) is 15.4. The highest BCUT2D eigenvalue weighted by molar-refractivity contribution is 5.08. The molecule has 0 bridgehead atoms. The number of azide groups is 1. The molecule has 16 atom stereocenters. The van der Waals surface area contributed by atoms with E-state index >= 15 is 0 Å². The van der Waals surface area contributed by atoms with Gasteiger partial charge in [-0.25, -0.2) is 0 Å². The SMILES string of the molecule is CCCCOCC1OC(OC2C(OCCCC)C(OCCCC)C(OCCCC)C3OC(C)(C)OC23)C(N=[N+]=[N-])C(OCCCC)C1OC1OC(CO)C(OCCCC)C(OCCCC)C1OCCCC. The molecule has 416 valence electrons. The molecule has 0 aromatic heterocycles. The first-order chi connectivity index (χ1) is 34.6. The zero-order valence-corrected chi connectivity index (χ0v) is 45.6. The minimum absolute atomic E-state index is 0.0910. The van der Waals surface area contributed by atoms with Crippen LogP contribution < -0.4 is 0 Å². The summed E-state index contributed by atoms with van der Waals surface area (Å²) in [4.78, 5) is 3.39. The topological polar surface area (TPSA) is 198 Å². The Morgan fingerprint density at radius 3 is 1.31 bits per heavy atom. The minimum atomic E-state index is -1.20. The lowest BCUT2D eigenvalue weighted by Crippen LogP contribution is -2.69. The summed E-state index contributed by atoms with van der Waals surface area (Å²) < 4.78 is 95.2. The summed E-state index contributed by atoms with van der Waals surface area (Å²) in [5.41, 5.74) is 10.4. The van der Waals surface area contributed by atoms with Crippen LogP contribution in [0.5, 0.6) is 0 Å². The maximum atomic E-state index is 10.9. The maximum Gasteiger partial charge on any atom is 0.187 e. The van der Waals surface area contributed by atoms with Crippen LogP contribution in [0.25, 0.3) is 10.4 Å². The average molecular weight is 1020 g/mol. The highest BCUT2D eigenvalue weighted by Gasteiger charge is 2.62. The molecule has 0 radical (unpaired) electrons. The number of fused-ring (bicyclic) bond motifs is 1. The molecule has 4 aliphatic rings. The normalized spacial score (nSPS) is 33.8. The summed E-state index contributed by atoms with van der Waals surface area (Å²) >= 11 is 0. The molecule has 1 saturated carbocycles. The first kappa shape index (κ1) is 62.3. The van der Waals surface area contributed by atoms with Gasteiger partial charge in [0.15, 0.2) is 18.4 Å². The van der Waals surface area contributed by atoms with E-state index in [1.54, 1.807) is 0 Å². The average Bonchev–Trinajstić information content (AvgIpc) is 3.69. The van der Waals surface area contributed by atoms with Crippen molar-refractivity contribution < 1.29 is 71.4 Å². The quantitative estimate of drug-likeness (QED) is 0.0264. The number of ether oxygens (including phenoxy) is 14. The number of hydrogen-bond donors (Lipinski definition) is 1. The van der Waals surface area contributed by atoms with E-state index in [0.29, 0.717) is 52.9 Å². The zero-order chi connectivity index (χ0) is 51.4. The second-order valence-electron chi connectivity index (χ2n) is 20.0. The molecule has 16 unspecified atom stereocenters. The zero-order valence-electron chi connectivity index (χ0n) is 45.6. The number of hydrogen-bond acceptors (Lipinski definition) is 16. The summed E-state index contributed by atoms with van der Waals surface area (Å²) in [6, 6.07) is -1.09. The third-order valence-corrected chi connectivity index (χ3v) is 13.5. The summed E-state index contributed by atoms with van der Waals surface area (Å²) in [6.07, 6.45) is 2.24. The lowest BCUT2D eigenvalue weighted by Gasteiger charge is -2.51. The fourth-order valence-electron chi connectivity index (χ4n) is 9.48. The van der Waals surface area contributed by atoms with Gasteiger partial charge >= 0.3 is 0 Å². The van der Waals surface area contributed by atoms with Gasteiger partial charge in [0.05, 0.1) is 19.3 Å². The number of rotatable bonds is 39. The van der Waals surface area contributed by atoms with Gasteiger partial charge in [0, 0.05) is 57.8 Å². The molecule has 18 heteroatoms. The first-order valence-corrected chi connectivity index (χ1v) is 28.1. The van der Waals surface area contributed by atoms with Crippen LogP contribution in [0.15, 0.2) is 5.11 Å². The molecule has 0 aromatic rings. The number of unbranched alkanes of at least 4 members (excludes halogenated alkanes) is 8. The molecular formula is C53H99N3O15. The van der Waals surface area contributed by atoms with Crippen molar-refractivity contribution in [2.45, 2.75) is 276 Å². The predicted octanol–water partition coefficient (Wildman–Crippen LogP) is 9.53. The van der Waals surface area contributed by atoms with Crippen molar-refractivity contribution in [3.63, 3.8) is 0 Å². The van der Waals surface area contributed by atoms with Gasteiger partial charge in [-0.05, 0) is 70.7 Å². The van der Waals surface area contributed by atoms with Crippen LogP contribution in [0, 0.1) is 0 Å². The van der Waals surface area contributed by atoms with Crippen LogP contribution in [0.2, 0.25) is 0 Å². The lowest BCUT2D eigenvalue weighted by molar-refractivity contribution is -0.368. The van der Waals surface area contributed by atoms with Crippen LogP contribution in [-0.4, -0.2) is 175 Å². The third kappa shape index (κ3) is 19.0. The Kier molecular flexibility index (Phi) is 30.8. The van der Waals surface area contributed by atoms with E-state index in [2.05, 4.69) is 65.4 Å². The van der Waals surface area contributed by atoms with E-state index in [9.17, 15) is 10.6 Å². The van der Waals surface area contributed by atoms with Gasteiger partial charge in [0.25, 0.3) is 0 Å². The van der Waals surface area contributed by atoms with E-state index in [4.69, 9.17) is 66.3 Å². The molecule has 3 heterocycles. The Morgan fingerprint density at radius 2 is 0.831 bits per heavy atom. The molecular weight excluding hydrogens is 919 g/mol. The second kappa shape index (κ2) is 35.1. The molecule has 0 amide bonds. The molecule has 1 N–H and O–H groups in total. The van der Waals surface area contributed by atoms with Crippen molar-refractivity contribution in [1.82, 2.24) is 0 Å². The van der Waals surface area contributed by atoms with Gasteiger partial charge in [0.1, 0.15) is 79.3 Å². The lowest BCUT2D eigenvalue weighted by atomic mass is 9.84. The summed E-state index contributed by atoms with van der Waals surface area (Å²) in [5.74, 6) is -0.992. The Balaban J connectivity index is 1.85. The van der Waals surface area contributed by atoms with E-state index < -0.39 is 104 Å². The second-order valence-corrected chi connectivity index (χ2v) is 20.0. The molecule has 0 aromatic carbocycles. The van der Waals surface area contributed by atoms with Crippen LogP contribution >= 0.6 is 0 Å². The predicted molar refractivity (Wildman–Crippen MR) is 269 cm³/mol. The largest absolute Gasteiger partial charge is 0.394 e. The van der Waals surface area contributed by atoms with E-state index in [0.717, 1.165) is 103 Å². The van der Waals surface area contributed by atoms with Crippen molar-refractivity contribution in [2.75, 3.05) is 66.1 Å². The third-order valence-electron chi connectivity index (χ3n) is 13.5. The number of aliphatic hydroxyl groups is 1. The van der Waals surface area contributed by atoms with Crippen LogP contribution in [-0.2, 0) is 66.3 Å². The minimum Gasteiger partial charge on any atom is -0.394 e. The smallest absolute Gasteiger partial charge is 0.187 e. The van der Waals surface area contributed by atoms with Crippen molar-refractivity contribution in [1.29, 1.82) is 0 Å². The molecule has 18 nitrogen and oxygen atoms in total. The fraction of sp³-hybridized carbons (Fsp3) is 1.00. The Morgan fingerprint density at radius 1 is 0.451 bits per heavy atom. The maximum absolute atomic E-state index is 10.9.